The number of aromatic nitrogens is 2. The van der Waals surface area contributed by atoms with E-state index in [9.17, 15) is 19.2 Å². The van der Waals surface area contributed by atoms with Crippen LogP contribution >= 0.6 is 0 Å². The van der Waals surface area contributed by atoms with Crippen LogP contribution in [0.1, 0.15) is 26.4 Å². The second kappa shape index (κ2) is 5.87. The van der Waals surface area contributed by atoms with Gasteiger partial charge in [0.25, 0.3) is 17.4 Å². The number of hydrazine groups is 1. The number of aryl methyl sites for hydroxylation is 1. The third-order valence-corrected chi connectivity index (χ3v) is 2.57. The summed E-state index contributed by atoms with van der Waals surface area (Å²) in [6.07, 6.45) is 0. The maximum atomic E-state index is 11.8. The highest BCUT2D eigenvalue weighted by Gasteiger charge is 2.10. The lowest BCUT2D eigenvalue weighted by Crippen LogP contribution is -2.43. The predicted molar refractivity (Wildman–Crippen MR) is 73.8 cm³/mol. The molecule has 0 unspecified atom stereocenters. The molecule has 0 aliphatic carbocycles. The average molecular weight is 288 g/mol. The van der Waals surface area contributed by atoms with Crippen molar-refractivity contribution in [1.82, 2.24) is 20.8 Å². The second-order valence-electron chi connectivity index (χ2n) is 4.28. The highest BCUT2D eigenvalue weighted by molar-refractivity contribution is 5.98. The van der Waals surface area contributed by atoms with Crippen molar-refractivity contribution >= 4 is 11.8 Å². The summed E-state index contributed by atoms with van der Waals surface area (Å²) in [4.78, 5) is 49.7. The van der Waals surface area contributed by atoms with Crippen LogP contribution in [0, 0.1) is 6.92 Å². The maximum absolute atomic E-state index is 11.8. The fourth-order valence-electron chi connectivity index (χ4n) is 1.63. The van der Waals surface area contributed by atoms with Gasteiger partial charge < -0.3 is 4.98 Å². The first-order chi connectivity index (χ1) is 9.95. The first kappa shape index (κ1) is 14.3. The van der Waals surface area contributed by atoms with E-state index in [4.69, 9.17) is 0 Å². The lowest BCUT2D eigenvalue weighted by Gasteiger charge is -2.07. The molecule has 1 aromatic carbocycles. The van der Waals surface area contributed by atoms with Gasteiger partial charge in [0.05, 0.1) is 0 Å². The third kappa shape index (κ3) is 3.66. The van der Waals surface area contributed by atoms with Crippen molar-refractivity contribution in [2.45, 2.75) is 6.92 Å². The smallest absolute Gasteiger partial charge is 0.303 e. The zero-order valence-electron chi connectivity index (χ0n) is 11.0. The maximum Gasteiger partial charge on any atom is 0.326 e. The van der Waals surface area contributed by atoms with E-state index in [1.54, 1.807) is 18.2 Å². The van der Waals surface area contributed by atoms with Gasteiger partial charge in [-0.25, -0.2) is 4.79 Å². The molecule has 1 aromatic heterocycles. The van der Waals surface area contributed by atoms with Gasteiger partial charge in [-0.2, -0.15) is 0 Å². The van der Waals surface area contributed by atoms with Crippen LogP contribution in [0.2, 0.25) is 0 Å². The van der Waals surface area contributed by atoms with Crippen LogP contribution in [-0.2, 0) is 0 Å². The van der Waals surface area contributed by atoms with Gasteiger partial charge >= 0.3 is 5.69 Å². The Kier molecular flexibility index (Phi) is 3.98. The Morgan fingerprint density at radius 3 is 2.38 bits per heavy atom. The molecular weight excluding hydrogens is 276 g/mol. The van der Waals surface area contributed by atoms with E-state index in [1.165, 1.54) is 0 Å². The summed E-state index contributed by atoms with van der Waals surface area (Å²) in [6, 6.07) is 7.69. The molecule has 0 saturated carbocycles. The molecule has 0 aliphatic heterocycles. The number of aromatic amines is 2. The van der Waals surface area contributed by atoms with Crippen LogP contribution in [0.5, 0.6) is 0 Å². The molecular formula is C13H12N4O4. The fourth-order valence-corrected chi connectivity index (χ4v) is 1.63. The summed E-state index contributed by atoms with van der Waals surface area (Å²) in [5.41, 5.74) is 3.79. The van der Waals surface area contributed by atoms with Gasteiger partial charge in [-0.1, -0.05) is 17.7 Å². The van der Waals surface area contributed by atoms with E-state index in [-0.39, 0.29) is 5.69 Å². The van der Waals surface area contributed by atoms with Gasteiger partial charge in [0, 0.05) is 11.6 Å². The number of amides is 2. The Morgan fingerprint density at radius 1 is 1.00 bits per heavy atom. The fraction of sp³-hybridized carbons (Fsp3) is 0.0769. The Bertz CT molecular complexity index is 778. The number of rotatable bonds is 2. The number of hydrogen-bond acceptors (Lipinski definition) is 4. The lowest BCUT2D eigenvalue weighted by atomic mass is 10.1. The van der Waals surface area contributed by atoms with Crippen molar-refractivity contribution < 1.29 is 9.59 Å². The lowest BCUT2D eigenvalue weighted by molar-refractivity contribution is 0.0843. The molecule has 0 radical (unpaired) electrons. The molecule has 108 valence electrons. The molecule has 21 heavy (non-hydrogen) atoms. The minimum Gasteiger partial charge on any atom is -0.303 e. The van der Waals surface area contributed by atoms with E-state index in [0.29, 0.717) is 5.56 Å². The van der Waals surface area contributed by atoms with Crippen molar-refractivity contribution in [3.05, 3.63) is 68.0 Å². The molecule has 0 aliphatic rings. The van der Waals surface area contributed by atoms with Crippen molar-refractivity contribution in [2.24, 2.45) is 0 Å². The quantitative estimate of drug-likeness (QED) is 0.553. The molecule has 2 aromatic rings. The van der Waals surface area contributed by atoms with Crippen LogP contribution in [-0.4, -0.2) is 21.8 Å². The molecule has 0 spiro atoms. The van der Waals surface area contributed by atoms with E-state index in [0.717, 1.165) is 11.6 Å². The van der Waals surface area contributed by atoms with Gasteiger partial charge in [0.15, 0.2) is 0 Å². The highest BCUT2D eigenvalue weighted by atomic mass is 16.2. The van der Waals surface area contributed by atoms with Gasteiger partial charge in [0.2, 0.25) is 0 Å². The number of nitrogens with one attached hydrogen (secondary N) is 4. The first-order valence-electron chi connectivity index (χ1n) is 5.97. The Morgan fingerprint density at radius 2 is 1.71 bits per heavy atom. The summed E-state index contributed by atoms with van der Waals surface area (Å²) < 4.78 is 0. The van der Waals surface area contributed by atoms with Crippen LogP contribution in [0.25, 0.3) is 0 Å². The summed E-state index contributed by atoms with van der Waals surface area (Å²) in [6.45, 7) is 1.83. The summed E-state index contributed by atoms with van der Waals surface area (Å²) in [7, 11) is 0. The molecule has 4 N–H and O–H groups in total. The minimum atomic E-state index is -0.808. The van der Waals surface area contributed by atoms with E-state index < -0.39 is 23.1 Å². The van der Waals surface area contributed by atoms with Crippen LogP contribution in [0.15, 0.2) is 39.9 Å². The average Bonchev–Trinajstić information content (AvgIpc) is 2.43. The first-order valence-corrected chi connectivity index (χ1v) is 5.97. The van der Waals surface area contributed by atoms with Crippen LogP contribution < -0.4 is 22.1 Å². The second-order valence-corrected chi connectivity index (χ2v) is 4.28. The SMILES string of the molecule is Cc1cccc(C(=O)NNC(=O)c2cc(=O)[nH]c(=O)[nH]2)c1. The Hall–Kier alpha value is -3.16. The van der Waals surface area contributed by atoms with Crippen LogP contribution in [0.3, 0.4) is 0 Å². The van der Waals surface area contributed by atoms with E-state index >= 15 is 0 Å². The molecule has 2 rings (SSSR count). The summed E-state index contributed by atoms with van der Waals surface area (Å²) in [5.74, 6) is -1.32. The van der Waals surface area contributed by atoms with Crippen molar-refractivity contribution in [2.75, 3.05) is 0 Å². The monoisotopic (exact) mass is 288 g/mol. The number of H-pyrrole nitrogens is 2. The zero-order valence-corrected chi connectivity index (χ0v) is 11.0. The molecule has 8 nitrogen and oxygen atoms in total. The highest BCUT2D eigenvalue weighted by Crippen LogP contribution is 2.02. The molecule has 8 heteroatoms. The molecule has 0 saturated heterocycles. The van der Waals surface area contributed by atoms with Gasteiger partial charge in [0.1, 0.15) is 5.69 Å². The van der Waals surface area contributed by atoms with Gasteiger partial charge in [-0.05, 0) is 19.1 Å². The number of carbonyl (C=O) groups is 2. The van der Waals surface area contributed by atoms with Crippen molar-refractivity contribution in [3.63, 3.8) is 0 Å². The molecule has 0 atom stereocenters. The third-order valence-electron chi connectivity index (χ3n) is 2.57. The Labute approximate surface area is 118 Å². The van der Waals surface area contributed by atoms with Crippen molar-refractivity contribution in [3.8, 4) is 0 Å². The topological polar surface area (TPSA) is 124 Å². The zero-order chi connectivity index (χ0) is 15.4. The van der Waals surface area contributed by atoms with E-state index in [2.05, 4.69) is 15.8 Å². The van der Waals surface area contributed by atoms with E-state index in [1.807, 2.05) is 18.0 Å². The Balaban J connectivity index is 2.05. The molecule has 0 fully saturated rings. The van der Waals surface area contributed by atoms with Gasteiger partial charge in [-0.3, -0.25) is 30.2 Å². The molecule has 0 bridgehead atoms. The largest absolute Gasteiger partial charge is 0.326 e. The van der Waals surface area contributed by atoms with Crippen molar-refractivity contribution in [1.29, 1.82) is 0 Å². The molecule has 2 amide bonds. The normalized spacial score (nSPS) is 9.95. The molecule has 1 heterocycles. The standard InChI is InChI=1S/C13H12N4O4/c1-7-3-2-4-8(5-7)11(19)16-17-12(20)9-6-10(18)15-13(21)14-9/h2-6H,1H3,(H,16,19)(H,17,20)(H2,14,15,18,21). The summed E-state index contributed by atoms with van der Waals surface area (Å²) in [5, 5.41) is 0. The number of benzene rings is 1. The van der Waals surface area contributed by atoms with Gasteiger partial charge in [-0.15, -0.1) is 0 Å². The predicted octanol–water partition coefficient (Wildman–Crippen LogP) is -0.554. The van der Waals surface area contributed by atoms with Crippen LogP contribution in [0.4, 0.5) is 0 Å². The minimum absolute atomic E-state index is 0.256. The number of hydrogen-bond donors (Lipinski definition) is 4. The summed E-state index contributed by atoms with van der Waals surface area (Å²) >= 11 is 0. The number of carbonyl (C=O) groups excluding carboxylic acids is 2.